The normalized spacial score (nSPS) is 16.2. The maximum absolute atomic E-state index is 6.88. The van der Waals surface area contributed by atoms with Crippen molar-refractivity contribution in [2.24, 2.45) is 10.7 Å². The Labute approximate surface area is 183 Å². The Morgan fingerprint density at radius 2 is 1.00 bits per heavy atom. The average molecular weight is 407 g/mol. The number of rotatable bonds is 6. The van der Waals surface area contributed by atoms with Crippen molar-refractivity contribution < 1.29 is 0 Å². The zero-order chi connectivity index (χ0) is 22.2. The van der Waals surface area contributed by atoms with Crippen LogP contribution in [0.4, 0.5) is 11.4 Å². The molecule has 0 atom stereocenters. The summed E-state index contributed by atoms with van der Waals surface area (Å²) in [7, 11) is 0. The third kappa shape index (κ3) is 3.58. The van der Waals surface area contributed by atoms with Gasteiger partial charge in [0.25, 0.3) is 0 Å². The van der Waals surface area contributed by atoms with Gasteiger partial charge in [0.1, 0.15) is 6.54 Å². The predicted octanol–water partition coefficient (Wildman–Crippen LogP) is 7.15. The molecule has 0 saturated heterocycles. The summed E-state index contributed by atoms with van der Waals surface area (Å²) in [5.74, 6) is 2.39. The SMILES string of the molecule is CC(C)c1cccc(C(C)C)c1[N+]1(c2c(C(C)C)cccc2C(C)C)CCN=C1N. The van der Waals surface area contributed by atoms with E-state index in [-0.39, 0.29) is 0 Å². The third-order valence-electron chi connectivity index (χ3n) is 6.55. The Morgan fingerprint density at radius 3 is 1.23 bits per heavy atom. The van der Waals surface area contributed by atoms with Gasteiger partial charge in [-0.25, -0.2) is 4.99 Å². The Morgan fingerprint density at radius 1 is 0.667 bits per heavy atom. The van der Waals surface area contributed by atoms with E-state index in [1.54, 1.807) is 0 Å². The molecule has 0 aliphatic carbocycles. The van der Waals surface area contributed by atoms with Gasteiger partial charge in [-0.3, -0.25) is 0 Å². The number of quaternary nitrogens is 1. The Balaban J connectivity index is 2.53. The molecule has 0 saturated carbocycles. The van der Waals surface area contributed by atoms with Crippen LogP contribution < -0.4 is 10.2 Å². The van der Waals surface area contributed by atoms with Crippen LogP contribution in [0, 0.1) is 0 Å². The summed E-state index contributed by atoms with van der Waals surface area (Å²) in [5, 5.41) is 0. The standard InChI is InChI=1S/C27H40N3/c1-17(2)21-11-9-12-22(18(3)4)25(21)30(16-15-29-27(30)28)26-23(19(5)6)13-10-14-24(26)20(7)8/h9-14,17-20H,15-16H2,1-8H3,(H2,28,29)/q+1. The van der Waals surface area contributed by atoms with E-state index in [2.05, 4.69) is 91.8 Å². The third-order valence-corrected chi connectivity index (χ3v) is 6.55. The van der Waals surface area contributed by atoms with E-state index in [4.69, 9.17) is 10.7 Å². The maximum Gasteiger partial charge on any atom is 0.305 e. The number of benzene rings is 2. The molecule has 0 bridgehead atoms. The summed E-state index contributed by atoms with van der Waals surface area (Å²) in [6, 6.07) is 13.6. The van der Waals surface area contributed by atoms with Gasteiger partial charge >= 0.3 is 5.96 Å². The van der Waals surface area contributed by atoms with Crippen LogP contribution in [0.2, 0.25) is 0 Å². The van der Waals surface area contributed by atoms with Crippen LogP contribution in [0.25, 0.3) is 0 Å². The molecule has 0 radical (unpaired) electrons. The maximum atomic E-state index is 6.88. The van der Waals surface area contributed by atoms with Gasteiger partial charge in [0.2, 0.25) is 0 Å². The minimum absolute atomic E-state index is 0.413. The van der Waals surface area contributed by atoms with Crippen LogP contribution >= 0.6 is 0 Å². The molecule has 0 aromatic heterocycles. The molecule has 0 amide bonds. The van der Waals surface area contributed by atoms with E-state index < -0.39 is 0 Å². The number of hydrogen-bond donors (Lipinski definition) is 1. The van der Waals surface area contributed by atoms with Crippen molar-refractivity contribution in [3.05, 3.63) is 58.7 Å². The van der Waals surface area contributed by atoms with Crippen molar-refractivity contribution in [2.45, 2.75) is 79.1 Å². The van der Waals surface area contributed by atoms with Crippen LogP contribution in [0.5, 0.6) is 0 Å². The molecule has 0 spiro atoms. The first-order valence-corrected chi connectivity index (χ1v) is 11.6. The van der Waals surface area contributed by atoms with E-state index in [9.17, 15) is 0 Å². The summed E-state index contributed by atoms with van der Waals surface area (Å²) < 4.78 is 0.573. The molecule has 0 fully saturated rings. The number of nitrogens with zero attached hydrogens (tertiary/aromatic N) is 2. The van der Waals surface area contributed by atoms with Crippen molar-refractivity contribution >= 4 is 17.3 Å². The van der Waals surface area contributed by atoms with Gasteiger partial charge in [0.15, 0.2) is 11.4 Å². The van der Waals surface area contributed by atoms with Crippen molar-refractivity contribution in [1.29, 1.82) is 0 Å². The first-order valence-electron chi connectivity index (χ1n) is 11.6. The van der Waals surface area contributed by atoms with Crippen LogP contribution in [0.1, 0.15) is 101 Å². The molecule has 1 heterocycles. The minimum Gasteiger partial charge on any atom is -0.337 e. The Bertz CT molecular complexity index is 819. The molecular formula is C27H40N3+. The van der Waals surface area contributed by atoms with Gasteiger partial charge in [-0.1, -0.05) is 91.8 Å². The first kappa shape index (κ1) is 22.6. The molecule has 3 heteroatoms. The van der Waals surface area contributed by atoms with Crippen LogP contribution in [0.3, 0.4) is 0 Å². The van der Waals surface area contributed by atoms with Crippen LogP contribution in [-0.2, 0) is 0 Å². The monoisotopic (exact) mass is 406 g/mol. The van der Waals surface area contributed by atoms with Gasteiger partial charge in [-0.2, -0.15) is 4.48 Å². The van der Waals surface area contributed by atoms with E-state index in [1.807, 2.05) is 0 Å². The summed E-state index contributed by atoms with van der Waals surface area (Å²) >= 11 is 0. The highest BCUT2D eigenvalue weighted by molar-refractivity contribution is 6.00. The number of nitrogens with two attached hydrogens (primary N) is 1. The predicted molar refractivity (Wildman–Crippen MR) is 132 cm³/mol. The zero-order valence-corrected chi connectivity index (χ0v) is 20.2. The molecule has 3 nitrogen and oxygen atoms in total. The topological polar surface area (TPSA) is 38.4 Å². The number of guanidine groups is 1. The minimum atomic E-state index is 0.413. The lowest BCUT2D eigenvalue weighted by molar-refractivity contribution is 0.558. The van der Waals surface area contributed by atoms with Gasteiger partial charge < -0.3 is 5.73 Å². The second kappa shape index (κ2) is 8.55. The highest BCUT2D eigenvalue weighted by Crippen LogP contribution is 2.50. The van der Waals surface area contributed by atoms with Gasteiger partial charge in [-0.05, 0) is 23.7 Å². The lowest BCUT2D eigenvalue weighted by atomic mass is 9.86. The second-order valence-corrected chi connectivity index (χ2v) is 9.96. The molecule has 0 unspecified atom stereocenters. The number of hydrogen-bond acceptors (Lipinski definition) is 2. The van der Waals surface area contributed by atoms with Crippen molar-refractivity contribution in [3.63, 3.8) is 0 Å². The summed E-state index contributed by atoms with van der Waals surface area (Å²) in [5.41, 5.74) is 15.1. The first-order chi connectivity index (χ1) is 14.1. The highest BCUT2D eigenvalue weighted by Gasteiger charge is 2.48. The van der Waals surface area contributed by atoms with E-state index >= 15 is 0 Å². The number of para-hydroxylation sites is 2. The largest absolute Gasteiger partial charge is 0.337 e. The van der Waals surface area contributed by atoms with Gasteiger partial charge in [-0.15, -0.1) is 0 Å². The Kier molecular flexibility index (Phi) is 6.43. The van der Waals surface area contributed by atoms with E-state index in [0.29, 0.717) is 28.2 Å². The average Bonchev–Trinajstić information content (AvgIpc) is 3.08. The zero-order valence-electron chi connectivity index (χ0n) is 20.2. The molecule has 1 aliphatic rings. The van der Waals surface area contributed by atoms with Crippen LogP contribution in [-0.4, -0.2) is 19.0 Å². The quantitative estimate of drug-likeness (QED) is 0.508. The fourth-order valence-corrected chi connectivity index (χ4v) is 5.02. The molecule has 1 aliphatic heterocycles. The van der Waals surface area contributed by atoms with Crippen molar-refractivity contribution in [1.82, 2.24) is 4.48 Å². The highest BCUT2D eigenvalue weighted by atomic mass is 15.5. The molecule has 2 aromatic carbocycles. The lowest BCUT2D eigenvalue weighted by Crippen LogP contribution is -2.53. The molecule has 3 rings (SSSR count). The second-order valence-electron chi connectivity index (χ2n) is 9.96. The molecule has 2 N–H and O–H groups in total. The van der Waals surface area contributed by atoms with Gasteiger partial charge in [0, 0.05) is 22.3 Å². The summed E-state index contributed by atoms with van der Waals surface area (Å²) in [6.07, 6.45) is 0. The van der Waals surface area contributed by atoms with Crippen molar-refractivity contribution in [3.8, 4) is 0 Å². The van der Waals surface area contributed by atoms with E-state index in [1.165, 1.54) is 33.6 Å². The molecular weight excluding hydrogens is 366 g/mol. The number of aliphatic imine (C=N–C) groups is 1. The molecule has 2 aromatic rings. The Hall–Kier alpha value is -2.13. The van der Waals surface area contributed by atoms with Crippen molar-refractivity contribution in [2.75, 3.05) is 13.1 Å². The summed E-state index contributed by atoms with van der Waals surface area (Å²) in [4.78, 5) is 4.81. The smallest absolute Gasteiger partial charge is 0.305 e. The van der Waals surface area contributed by atoms with Gasteiger partial charge in [0.05, 0.1) is 6.54 Å². The van der Waals surface area contributed by atoms with E-state index in [0.717, 1.165) is 19.0 Å². The fourth-order valence-electron chi connectivity index (χ4n) is 5.02. The van der Waals surface area contributed by atoms with Crippen LogP contribution in [0.15, 0.2) is 41.4 Å². The lowest BCUT2D eigenvalue weighted by Gasteiger charge is -2.39. The molecule has 30 heavy (non-hydrogen) atoms. The summed E-state index contributed by atoms with van der Waals surface area (Å²) in [6.45, 7) is 20.0. The fraction of sp³-hybridized carbons (Fsp3) is 0.519. The molecule has 162 valence electrons.